The van der Waals surface area contributed by atoms with E-state index in [1.165, 1.54) is 32.1 Å². The Bertz CT molecular complexity index is 324. The molecule has 2 aliphatic heterocycles. The lowest BCUT2D eigenvalue weighted by Gasteiger charge is -2.34. The summed E-state index contributed by atoms with van der Waals surface area (Å²) in [5.74, 6) is 0.868. The molecule has 3 rings (SSSR count). The summed E-state index contributed by atoms with van der Waals surface area (Å²) in [7, 11) is 0. The van der Waals surface area contributed by atoms with Crippen LogP contribution in [0.1, 0.15) is 51.4 Å². The van der Waals surface area contributed by atoms with Gasteiger partial charge >= 0.3 is 5.97 Å². The first-order chi connectivity index (χ1) is 9.84. The van der Waals surface area contributed by atoms with Crippen molar-refractivity contribution in [3.8, 4) is 0 Å². The summed E-state index contributed by atoms with van der Waals surface area (Å²) < 4.78 is 5.56. The molecular formula is C16H28N2O2. The Balaban J connectivity index is 1.45. The number of ether oxygens (including phenoxy) is 1. The van der Waals surface area contributed by atoms with Crippen molar-refractivity contribution in [2.75, 3.05) is 26.2 Å². The molecular weight excluding hydrogens is 252 g/mol. The SMILES string of the molecule is O=C(OCCC1CCC1)C1CCCN1C1CCNCC1. The standard InChI is InChI=1S/C16H28N2O2/c19-16(20-12-8-13-3-1-4-13)15-5-2-11-18(15)14-6-9-17-10-7-14/h13-15,17H,1-12H2. The molecule has 0 bridgehead atoms. The van der Waals surface area contributed by atoms with Crippen LogP contribution < -0.4 is 5.32 Å². The number of rotatable bonds is 5. The van der Waals surface area contributed by atoms with E-state index in [0.717, 1.165) is 44.8 Å². The largest absolute Gasteiger partial charge is 0.465 e. The number of nitrogens with one attached hydrogen (secondary N) is 1. The van der Waals surface area contributed by atoms with Crippen molar-refractivity contribution in [3.05, 3.63) is 0 Å². The normalized spacial score (nSPS) is 29.3. The van der Waals surface area contributed by atoms with Crippen LogP contribution in [-0.2, 0) is 9.53 Å². The predicted molar refractivity (Wildman–Crippen MR) is 78.5 cm³/mol. The third kappa shape index (κ3) is 3.34. The van der Waals surface area contributed by atoms with E-state index in [1.807, 2.05) is 0 Å². The average Bonchev–Trinajstić information content (AvgIpc) is 2.92. The van der Waals surface area contributed by atoms with Crippen molar-refractivity contribution in [1.82, 2.24) is 10.2 Å². The molecule has 3 fully saturated rings. The van der Waals surface area contributed by atoms with Crippen LogP contribution >= 0.6 is 0 Å². The first-order valence-electron chi connectivity index (χ1n) is 8.47. The lowest BCUT2D eigenvalue weighted by atomic mass is 9.83. The van der Waals surface area contributed by atoms with Gasteiger partial charge in [0.1, 0.15) is 6.04 Å². The van der Waals surface area contributed by atoms with E-state index in [1.54, 1.807) is 0 Å². The minimum atomic E-state index is 0.0412. The summed E-state index contributed by atoms with van der Waals surface area (Å²) in [6.07, 6.45) is 9.59. The van der Waals surface area contributed by atoms with Gasteiger partial charge in [-0.1, -0.05) is 19.3 Å². The number of carbonyl (C=O) groups is 1. The third-order valence-corrected chi connectivity index (χ3v) is 5.34. The van der Waals surface area contributed by atoms with Crippen molar-refractivity contribution in [2.24, 2.45) is 5.92 Å². The quantitative estimate of drug-likeness (QED) is 0.782. The highest BCUT2D eigenvalue weighted by Gasteiger charge is 2.36. The second-order valence-electron chi connectivity index (χ2n) is 6.63. The van der Waals surface area contributed by atoms with Crippen molar-refractivity contribution < 1.29 is 9.53 Å². The van der Waals surface area contributed by atoms with Crippen LogP contribution in [0, 0.1) is 5.92 Å². The maximum Gasteiger partial charge on any atom is 0.323 e. The Hall–Kier alpha value is -0.610. The summed E-state index contributed by atoms with van der Waals surface area (Å²) in [5, 5.41) is 3.40. The Labute approximate surface area is 122 Å². The fourth-order valence-electron chi connectivity index (χ4n) is 3.82. The molecule has 4 heteroatoms. The molecule has 1 saturated carbocycles. The predicted octanol–water partition coefficient (Wildman–Crippen LogP) is 1.94. The van der Waals surface area contributed by atoms with E-state index in [9.17, 15) is 4.79 Å². The van der Waals surface area contributed by atoms with Gasteiger partial charge in [0.15, 0.2) is 0 Å². The van der Waals surface area contributed by atoms with Crippen LogP contribution in [-0.4, -0.2) is 49.2 Å². The summed E-state index contributed by atoms with van der Waals surface area (Å²) in [4.78, 5) is 14.7. The van der Waals surface area contributed by atoms with E-state index in [-0.39, 0.29) is 12.0 Å². The molecule has 1 atom stereocenters. The molecule has 0 amide bonds. The van der Waals surface area contributed by atoms with Gasteiger partial charge in [0, 0.05) is 6.04 Å². The van der Waals surface area contributed by atoms with Crippen LogP contribution in [0.25, 0.3) is 0 Å². The number of likely N-dealkylation sites (tertiary alicyclic amines) is 1. The lowest BCUT2D eigenvalue weighted by molar-refractivity contribution is -0.150. The van der Waals surface area contributed by atoms with E-state index in [4.69, 9.17) is 4.74 Å². The molecule has 1 unspecified atom stereocenters. The topological polar surface area (TPSA) is 41.6 Å². The molecule has 0 spiro atoms. The highest BCUT2D eigenvalue weighted by Crippen LogP contribution is 2.29. The Morgan fingerprint density at radius 2 is 1.90 bits per heavy atom. The van der Waals surface area contributed by atoms with Gasteiger partial charge in [0.05, 0.1) is 6.61 Å². The van der Waals surface area contributed by atoms with E-state index >= 15 is 0 Å². The van der Waals surface area contributed by atoms with Gasteiger partial charge in [0.2, 0.25) is 0 Å². The molecule has 4 nitrogen and oxygen atoms in total. The highest BCUT2D eigenvalue weighted by atomic mass is 16.5. The maximum atomic E-state index is 12.3. The fourth-order valence-corrected chi connectivity index (χ4v) is 3.82. The Morgan fingerprint density at radius 1 is 1.10 bits per heavy atom. The van der Waals surface area contributed by atoms with Crippen LogP contribution in [0.2, 0.25) is 0 Å². The summed E-state index contributed by atoms with van der Waals surface area (Å²) in [6.45, 7) is 3.89. The third-order valence-electron chi connectivity index (χ3n) is 5.34. The summed E-state index contributed by atoms with van der Waals surface area (Å²) >= 11 is 0. The second-order valence-corrected chi connectivity index (χ2v) is 6.63. The first-order valence-corrected chi connectivity index (χ1v) is 8.47. The molecule has 2 heterocycles. The Morgan fingerprint density at radius 3 is 2.60 bits per heavy atom. The van der Waals surface area contributed by atoms with Crippen LogP contribution in [0.15, 0.2) is 0 Å². The Kier molecular flexibility index (Phi) is 4.94. The number of carbonyl (C=O) groups excluding carboxylic acids is 1. The zero-order valence-electron chi connectivity index (χ0n) is 12.5. The monoisotopic (exact) mass is 280 g/mol. The minimum Gasteiger partial charge on any atom is -0.465 e. The average molecular weight is 280 g/mol. The van der Waals surface area contributed by atoms with Crippen LogP contribution in [0.5, 0.6) is 0 Å². The molecule has 114 valence electrons. The van der Waals surface area contributed by atoms with Crippen LogP contribution in [0.3, 0.4) is 0 Å². The summed E-state index contributed by atoms with van der Waals surface area (Å²) in [5.41, 5.74) is 0. The van der Waals surface area contributed by atoms with Gasteiger partial charge in [-0.2, -0.15) is 0 Å². The molecule has 0 aromatic carbocycles. The maximum absolute atomic E-state index is 12.3. The molecule has 2 saturated heterocycles. The van der Waals surface area contributed by atoms with Crippen molar-refractivity contribution in [3.63, 3.8) is 0 Å². The fraction of sp³-hybridized carbons (Fsp3) is 0.938. The molecule has 3 aliphatic rings. The van der Waals surface area contributed by atoms with Gasteiger partial charge in [0.25, 0.3) is 0 Å². The molecule has 20 heavy (non-hydrogen) atoms. The lowest BCUT2D eigenvalue weighted by Crippen LogP contribution is -2.48. The van der Waals surface area contributed by atoms with Crippen LogP contribution in [0.4, 0.5) is 0 Å². The van der Waals surface area contributed by atoms with Gasteiger partial charge in [-0.3, -0.25) is 9.69 Å². The molecule has 0 aromatic rings. The van der Waals surface area contributed by atoms with E-state index in [0.29, 0.717) is 12.6 Å². The smallest absolute Gasteiger partial charge is 0.323 e. The number of hydrogen-bond acceptors (Lipinski definition) is 4. The van der Waals surface area contributed by atoms with Gasteiger partial charge in [-0.15, -0.1) is 0 Å². The highest BCUT2D eigenvalue weighted by molar-refractivity contribution is 5.76. The summed E-state index contributed by atoms with van der Waals surface area (Å²) in [6, 6.07) is 0.627. The van der Waals surface area contributed by atoms with Crippen molar-refractivity contribution in [2.45, 2.75) is 63.5 Å². The zero-order valence-corrected chi connectivity index (χ0v) is 12.5. The minimum absolute atomic E-state index is 0.0412. The van der Waals surface area contributed by atoms with Crippen molar-refractivity contribution in [1.29, 1.82) is 0 Å². The van der Waals surface area contributed by atoms with Crippen molar-refractivity contribution >= 4 is 5.97 Å². The zero-order chi connectivity index (χ0) is 13.8. The van der Waals surface area contributed by atoms with Gasteiger partial charge in [-0.25, -0.2) is 0 Å². The molecule has 0 radical (unpaired) electrons. The van der Waals surface area contributed by atoms with E-state index < -0.39 is 0 Å². The van der Waals surface area contributed by atoms with Gasteiger partial charge < -0.3 is 10.1 Å². The number of hydrogen-bond donors (Lipinski definition) is 1. The molecule has 1 N–H and O–H groups in total. The number of piperidine rings is 1. The molecule has 1 aliphatic carbocycles. The van der Waals surface area contributed by atoms with E-state index in [2.05, 4.69) is 10.2 Å². The number of nitrogens with zero attached hydrogens (tertiary/aromatic N) is 1. The van der Waals surface area contributed by atoms with Gasteiger partial charge in [-0.05, 0) is 57.7 Å². The second kappa shape index (κ2) is 6.90. The first kappa shape index (κ1) is 14.3. The number of esters is 1. The molecule has 0 aromatic heterocycles.